The van der Waals surface area contributed by atoms with Gasteiger partial charge in [-0.2, -0.15) is 11.8 Å². The summed E-state index contributed by atoms with van der Waals surface area (Å²) in [5.74, 6) is 0.882. The lowest BCUT2D eigenvalue weighted by atomic mass is 10.0. The van der Waals surface area contributed by atoms with E-state index in [1.807, 2.05) is 91.0 Å². The van der Waals surface area contributed by atoms with Crippen LogP contribution in [0.2, 0.25) is 0 Å². The lowest BCUT2D eigenvalue weighted by molar-refractivity contribution is 0.134. The van der Waals surface area contributed by atoms with E-state index in [9.17, 15) is 5.11 Å². The van der Waals surface area contributed by atoms with Gasteiger partial charge in [-0.25, -0.2) is 0 Å². The Morgan fingerprint density at radius 1 is 0.750 bits per heavy atom. The Labute approximate surface area is 171 Å². The van der Waals surface area contributed by atoms with E-state index in [0.717, 1.165) is 22.8 Å². The number of aliphatic hydroxyl groups is 1. The van der Waals surface area contributed by atoms with Gasteiger partial charge in [-0.3, -0.25) is 0 Å². The molecule has 0 bridgehead atoms. The van der Waals surface area contributed by atoms with Gasteiger partial charge in [-0.15, -0.1) is 0 Å². The van der Waals surface area contributed by atoms with Crippen LogP contribution < -0.4 is 16.0 Å². The average Bonchev–Trinajstić information content (AvgIpc) is 2.74. The van der Waals surface area contributed by atoms with E-state index in [1.165, 1.54) is 0 Å². The van der Waals surface area contributed by atoms with Crippen molar-refractivity contribution in [3.63, 3.8) is 0 Å². The van der Waals surface area contributed by atoms with Crippen molar-refractivity contribution < 1.29 is 5.11 Å². The lowest BCUT2D eigenvalue weighted by Crippen LogP contribution is -2.59. The molecule has 1 atom stereocenters. The molecule has 0 radical (unpaired) electrons. The highest BCUT2D eigenvalue weighted by Gasteiger charge is 2.38. The second-order valence-corrected chi connectivity index (χ2v) is 7.59. The van der Waals surface area contributed by atoms with Gasteiger partial charge in [-0.05, 0) is 48.4 Å². The molecule has 0 aromatic heterocycles. The van der Waals surface area contributed by atoms with Crippen LogP contribution in [0.1, 0.15) is 6.42 Å². The number of nitrogens with one attached hydrogen (secondary N) is 3. The van der Waals surface area contributed by atoms with E-state index in [4.69, 9.17) is 0 Å². The monoisotopic (exact) mass is 393 g/mol. The molecule has 4 nitrogen and oxygen atoms in total. The largest absolute Gasteiger partial charge is 0.370 e. The molecule has 0 spiro atoms. The Balaban J connectivity index is 1.94. The van der Waals surface area contributed by atoms with E-state index in [1.54, 1.807) is 11.8 Å². The summed E-state index contributed by atoms with van der Waals surface area (Å²) in [5, 5.41) is 21.7. The summed E-state index contributed by atoms with van der Waals surface area (Å²) in [4.78, 5) is 0. The van der Waals surface area contributed by atoms with Crippen LogP contribution in [-0.4, -0.2) is 29.0 Å². The molecule has 0 aliphatic carbocycles. The maximum Gasteiger partial charge on any atom is 0.166 e. The van der Waals surface area contributed by atoms with Gasteiger partial charge in [0.15, 0.2) is 11.9 Å². The number of rotatable bonds is 10. The minimum Gasteiger partial charge on any atom is -0.370 e. The summed E-state index contributed by atoms with van der Waals surface area (Å²) in [6, 6.07) is 29.7. The molecule has 146 valence electrons. The predicted molar refractivity (Wildman–Crippen MR) is 122 cm³/mol. The fourth-order valence-electron chi connectivity index (χ4n) is 3.07. The van der Waals surface area contributed by atoms with Gasteiger partial charge in [-0.1, -0.05) is 54.6 Å². The molecule has 0 saturated heterocycles. The molecule has 3 aromatic carbocycles. The van der Waals surface area contributed by atoms with E-state index in [-0.39, 0.29) is 0 Å². The fraction of sp³-hybridized carbons (Fsp3) is 0.217. The first-order valence-corrected chi connectivity index (χ1v) is 10.8. The second kappa shape index (κ2) is 10.1. The molecule has 3 rings (SSSR count). The Morgan fingerprint density at radius 2 is 1.18 bits per heavy atom. The van der Waals surface area contributed by atoms with Gasteiger partial charge in [0, 0.05) is 23.5 Å². The third-order valence-corrected chi connectivity index (χ3v) is 5.14. The van der Waals surface area contributed by atoms with Crippen LogP contribution in [0.15, 0.2) is 91.0 Å². The molecule has 0 heterocycles. The van der Waals surface area contributed by atoms with Crippen molar-refractivity contribution in [2.24, 2.45) is 0 Å². The predicted octanol–water partition coefficient (Wildman–Crippen LogP) is 5.09. The van der Waals surface area contributed by atoms with Crippen LogP contribution in [0.25, 0.3) is 0 Å². The third kappa shape index (κ3) is 5.44. The van der Waals surface area contributed by atoms with Crippen molar-refractivity contribution in [2.45, 2.75) is 18.3 Å². The van der Waals surface area contributed by atoms with Crippen LogP contribution in [0, 0.1) is 0 Å². The SMILES string of the molecule is CSCCC(Nc1ccccc1)(Nc1ccccc1)C(O)Nc1ccccc1. The standard InChI is InChI=1S/C23H27N3OS/c1-28-18-17-23(25-20-13-7-3-8-14-20,26-21-15-9-4-10-16-21)22(27)24-19-11-5-2-6-12-19/h2-16,22,24-27H,17-18H2,1H3. The van der Waals surface area contributed by atoms with Crippen molar-refractivity contribution in [1.82, 2.24) is 0 Å². The molecule has 0 amide bonds. The molecule has 4 N–H and O–H groups in total. The zero-order valence-corrected chi connectivity index (χ0v) is 16.8. The number of hydrogen-bond acceptors (Lipinski definition) is 5. The smallest absolute Gasteiger partial charge is 0.166 e. The number of hydrogen-bond donors (Lipinski definition) is 4. The summed E-state index contributed by atoms with van der Waals surface area (Å²) < 4.78 is 0. The zero-order chi connectivity index (χ0) is 19.7. The van der Waals surface area contributed by atoms with Crippen molar-refractivity contribution in [2.75, 3.05) is 28.0 Å². The number of thioether (sulfide) groups is 1. The van der Waals surface area contributed by atoms with Gasteiger partial charge in [0.1, 0.15) is 0 Å². The minimum absolute atomic E-state index is 0.707. The van der Waals surface area contributed by atoms with Crippen molar-refractivity contribution in [3.8, 4) is 0 Å². The van der Waals surface area contributed by atoms with Crippen LogP contribution >= 0.6 is 11.8 Å². The van der Waals surface area contributed by atoms with E-state index in [2.05, 4.69) is 22.2 Å². The number of para-hydroxylation sites is 3. The van der Waals surface area contributed by atoms with Crippen molar-refractivity contribution in [3.05, 3.63) is 91.0 Å². The molecular formula is C23H27N3OS. The number of aliphatic hydroxyl groups excluding tert-OH is 1. The normalized spacial score (nSPS) is 12.2. The summed E-state index contributed by atoms with van der Waals surface area (Å²) in [6.45, 7) is 0. The molecule has 3 aromatic rings. The van der Waals surface area contributed by atoms with Crippen LogP contribution in [-0.2, 0) is 0 Å². The summed E-state index contributed by atoms with van der Waals surface area (Å²) in [5.41, 5.74) is 1.96. The highest BCUT2D eigenvalue weighted by Crippen LogP contribution is 2.27. The van der Waals surface area contributed by atoms with Gasteiger partial charge >= 0.3 is 0 Å². The van der Waals surface area contributed by atoms with Crippen molar-refractivity contribution in [1.29, 1.82) is 0 Å². The quantitative estimate of drug-likeness (QED) is 0.362. The molecule has 28 heavy (non-hydrogen) atoms. The maximum absolute atomic E-state index is 11.3. The molecule has 0 aliphatic rings. The first kappa shape index (κ1) is 20.1. The van der Waals surface area contributed by atoms with Crippen LogP contribution in [0.4, 0.5) is 17.1 Å². The fourth-order valence-corrected chi connectivity index (χ4v) is 3.59. The molecule has 0 saturated carbocycles. The average molecular weight is 394 g/mol. The maximum atomic E-state index is 11.3. The topological polar surface area (TPSA) is 56.3 Å². The van der Waals surface area contributed by atoms with Gasteiger partial charge in [0.25, 0.3) is 0 Å². The van der Waals surface area contributed by atoms with Crippen LogP contribution in [0.5, 0.6) is 0 Å². The summed E-state index contributed by atoms with van der Waals surface area (Å²) >= 11 is 1.75. The Morgan fingerprint density at radius 3 is 1.61 bits per heavy atom. The second-order valence-electron chi connectivity index (χ2n) is 6.61. The Bertz CT molecular complexity index is 774. The first-order valence-electron chi connectivity index (χ1n) is 9.37. The summed E-state index contributed by atoms with van der Waals surface area (Å²) in [6.07, 6.45) is 1.91. The van der Waals surface area contributed by atoms with Crippen molar-refractivity contribution >= 4 is 28.8 Å². The first-order chi connectivity index (χ1) is 13.7. The van der Waals surface area contributed by atoms with E-state index in [0.29, 0.717) is 6.42 Å². The molecule has 0 aliphatic heterocycles. The van der Waals surface area contributed by atoms with Gasteiger partial charge in [0.05, 0.1) is 0 Å². The Hall–Kier alpha value is -2.63. The zero-order valence-electron chi connectivity index (χ0n) is 16.0. The molecular weight excluding hydrogens is 366 g/mol. The highest BCUT2D eigenvalue weighted by atomic mass is 32.2. The van der Waals surface area contributed by atoms with E-state index < -0.39 is 11.9 Å². The van der Waals surface area contributed by atoms with E-state index >= 15 is 0 Å². The third-order valence-electron chi connectivity index (χ3n) is 4.53. The molecule has 0 fully saturated rings. The molecule has 5 heteroatoms. The van der Waals surface area contributed by atoms with Crippen LogP contribution in [0.3, 0.4) is 0 Å². The molecule has 1 unspecified atom stereocenters. The lowest BCUT2D eigenvalue weighted by Gasteiger charge is -2.41. The number of anilines is 3. The Kier molecular flexibility index (Phi) is 7.23. The van der Waals surface area contributed by atoms with Gasteiger partial charge < -0.3 is 21.1 Å². The number of benzene rings is 3. The highest BCUT2D eigenvalue weighted by molar-refractivity contribution is 7.98. The minimum atomic E-state index is -0.873. The summed E-state index contributed by atoms with van der Waals surface area (Å²) in [7, 11) is 0. The van der Waals surface area contributed by atoms with Gasteiger partial charge in [0.2, 0.25) is 0 Å².